The molecular weight excluding hydrogens is 1810 g/mol. The van der Waals surface area contributed by atoms with Crippen LogP contribution in [0.3, 0.4) is 0 Å². The van der Waals surface area contributed by atoms with Crippen LogP contribution in [-0.4, -0.2) is 154 Å². The Morgan fingerprint density at radius 1 is 0.433 bits per heavy atom. The van der Waals surface area contributed by atoms with Crippen molar-refractivity contribution in [2.24, 2.45) is 76.4 Å². The van der Waals surface area contributed by atoms with Crippen molar-refractivity contribution in [2.75, 3.05) is 46.8 Å². The minimum absolute atomic E-state index is 0.00422. The third-order valence-electron chi connectivity index (χ3n) is 35.5. The van der Waals surface area contributed by atoms with Gasteiger partial charge in [-0.1, -0.05) is 105 Å². The number of hydrogen-bond acceptors (Lipinski definition) is 24. The largest absolute Gasteiger partial charge is 0.468 e. The average Bonchev–Trinajstić information content (AvgIpc) is 1.72. The zero-order valence-electron chi connectivity index (χ0n) is 83.6. The lowest BCUT2D eigenvalue weighted by atomic mass is 9.53. The molecule has 740 valence electrons. The first kappa shape index (κ1) is 99.0. The molecule has 10 aromatic rings. The van der Waals surface area contributed by atoms with Gasteiger partial charge >= 0.3 is 5.97 Å². The molecule has 6 saturated carbocycles. The summed E-state index contributed by atoms with van der Waals surface area (Å²) in [6, 6.07) is 28.9. The van der Waals surface area contributed by atoms with Gasteiger partial charge in [-0.2, -0.15) is 0 Å². The number of carbonyl (C=O) groups excluding carboxylic acids is 5. The number of aromatic amines is 1. The molecule has 0 amide bonds. The molecular formula is C113H129ClF2N12O13. The number of nitrogens with one attached hydrogen (secondary N) is 1. The second-order valence-corrected chi connectivity index (χ2v) is 43.5. The van der Waals surface area contributed by atoms with Crippen LogP contribution in [0.15, 0.2) is 127 Å². The van der Waals surface area contributed by atoms with Gasteiger partial charge in [-0.05, 0) is 226 Å². The molecule has 10 aliphatic carbocycles. The van der Waals surface area contributed by atoms with Crippen LogP contribution in [0, 0.1) is 116 Å². The van der Waals surface area contributed by atoms with E-state index in [1.807, 2.05) is 96.1 Å². The van der Waals surface area contributed by atoms with Gasteiger partial charge in [0.15, 0.2) is 40.6 Å². The number of aldehydes is 1. The highest BCUT2D eigenvalue weighted by Crippen LogP contribution is 2.62. The van der Waals surface area contributed by atoms with E-state index in [2.05, 4.69) is 85.3 Å². The van der Waals surface area contributed by atoms with E-state index in [0.29, 0.717) is 146 Å². The molecule has 9 fully saturated rings. The fraction of sp³-hybridized carbons (Fsp3) is 0.531. The zero-order chi connectivity index (χ0) is 99.4. The summed E-state index contributed by atoms with van der Waals surface area (Å²) in [6.45, 7) is 33.4. The van der Waals surface area contributed by atoms with Crippen molar-refractivity contribution in [3.8, 4) is 68.1 Å². The van der Waals surface area contributed by atoms with Crippen LogP contribution in [0.4, 0.5) is 8.78 Å². The lowest BCUT2D eigenvalue weighted by molar-refractivity contribution is -0.244. The Morgan fingerprint density at radius 3 is 1.27 bits per heavy atom. The molecule has 23 rings (SSSR count). The van der Waals surface area contributed by atoms with Gasteiger partial charge in [-0.25, -0.2) is 43.7 Å². The zero-order valence-corrected chi connectivity index (χ0v) is 84.3. The predicted molar refractivity (Wildman–Crippen MR) is 527 cm³/mol. The van der Waals surface area contributed by atoms with Gasteiger partial charge in [-0.3, -0.25) is 43.9 Å². The average molecular weight is 1940 g/mol. The van der Waals surface area contributed by atoms with Crippen LogP contribution in [0.1, 0.15) is 233 Å². The standard InChI is InChI=1S/C27H26FN3O2.C26H26FN3O.C22H26ClN3O2.C22H27N3O3.C16H24O5/c1-15-12-17(10-11-29-15)26-30-23(19-6-4-5-7-22(19)28)20-8-9-21-16(2)24(33)18(14-32)13-27(21,3)25(20)31-26;1-15-14-17(11-13-28-15)25-29-23(18-6-4-5-7-21(18)27)19-8-9-20-16(2)22(31)10-12-26(20,3)24(19)30-25;1-13-12-15(6-9-24-13)20-25-18-16(19(23)26-20)4-5-17-14(2)22(27-10-11-28-22)8-7-21(17,18)3;1-13-12-15(6-9-23-13)19-24-18-16(20(26)25-19)4-5-17-14(2)22(27-10-11-28-22)8-7-21(17,18)3;1-10-12-5-4-11(14(18)19-3)13(17)15(12,2)6-7-16(10)20-8-9-21-16/h4-7,10-12,14,16,18,21H,8-9,13H2,1-3H3;4-7,11,13-14,16,20H,8-10,12H2,1-3H3;6,9,12,14,17H,4-5,7-8,10-11H2,1-3H3;6,9,12,14,17H,4-5,7-8,10-11H2,1-3H3,(H,24,25,26);10-12H,4-9H2,1-3H3/t16-,18?,21-,27-;16-,20-,26-;2*14-,17-,21-;10-,11?,12-,15-/m11111/s1. The van der Waals surface area contributed by atoms with Gasteiger partial charge in [0.2, 0.25) is 0 Å². The summed E-state index contributed by atoms with van der Waals surface area (Å²) in [5.41, 5.74) is 15.8. The molecule has 1 N–H and O–H groups in total. The number of aryl methyl sites for hydroxylation is 4. The third-order valence-corrected chi connectivity index (χ3v) is 35.8. The highest BCUT2D eigenvalue weighted by molar-refractivity contribution is 6.30. The molecule has 3 aliphatic heterocycles. The van der Waals surface area contributed by atoms with Crippen LogP contribution < -0.4 is 5.56 Å². The molecule has 8 aromatic heterocycles. The molecule has 13 aliphatic rings. The van der Waals surface area contributed by atoms with Gasteiger partial charge in [-0.15, -0.1) is 0 Å². The van der Waals surface area contributed by atoms with E-state index in [-0.39, 0.29) is 92.4 Å². The Labute approximate surface area is 828 Å². The highest BCUT2D eigenvalue weighted by Gasteiger charge is 2.64. The maximum absolute atomic E-state index is 14.9. The minimum Gasteiger partial charge on any atom is -0.468 e. The Kier molecular flexibility index (Phi) is 27.2. The van der Waals surface area contributed by atoms with E-state index in [4.69, 9.17) is 74.7 Å². The fourth-order valence-corrected chi connectivity index (χ4v) is 28.0. The predicted octanol–water partition coefficient (Wildman–Crippen LogP) is 19.9. The maximum Gasteiger partial charge on any atom is 0.316 e. The number of fused-ring (bicyclic) bond motifs is 13. The second kappa shape index (κ2) is 38.7. The van der Waals surface area contributed by atoms with E-state index in [1.54, 1.807) is 55.1 Å². The van der Waals surface area contributed by atoms with Gasteiger partial charge < -0.3 is 42.9 Å². The van der Waals surface area contributed by atoms with Crippen molar-refractivity contribution in [1.82, 2.24) is 59.8 Å². The summed E-state index contributed by atoms with van der Waals surface area (Å²) >= 11 is 6.67. The summed E-state index contributed by atoms with van der Waals surface area (Å²) in [5.74, 6) is 1.13. The summed E-state index contributed by atoms with van der Waals surface area (Å²) in [6.07, 6.45) is 22.9. The number of ketones is 3. The molecule has 0 bridgehead atoms. The smallest absolute Gasteiger partial charge is 0.316 e. The van der Waals surface area contributed by atoms with E-state index in [1.165, 1.54) is 19.2 Å². The molecule has 3 spiro atoms. The summed E-state index contributed by atoms with van der Waals surface area (Å²) < 4.78 is 70.8. The van der Waals surface area contributed by atoms with E-state index in [9.17, 15) is 37.5 Å². The van der Waals surface area contributed by atoms with Crippen molar-refractivity contribution < 1.29 is 65.9 Å². The highest BCUT2D eigenvalue weighted by atomic mass is 35.5. The topological polar surface area (TPSA) is 325 Å². The van der Waals surface area contributed by atoms with Crippen LogP contribution in [-0.2, 0) is 104 Å². The monoisotopic (exact) mass is 1930 g/mol. The molecule has 2 unspecified atom stereocenters. The number of H-pyrrole nitrogens is 1. The lowest BCUT2D eigenvalue weighted by Gasteiger charge is -2.54. The van der Waals surface area contributed by atoms with Crippen molar-refractivity contribution in [3.63, 3.8) is 0 Å². The van der Waals surface area contributed by atoms with Gasteiger partial charge in [0.05, 0.1) is 86.8 Å². The van der Waals surface area contributed by atoms with Crippen LogP contribution >= 0.6 is 11.6 Å². The van der Waals surface area contributed by atoms with E-state index >= 15 is 0 Å². The molecule has 28 heteroatoms. The Balaban J connectivity index is 0.000000113. The van der Waals surface area contributed by atoms with Crippen LogP contribution in [0.2, 0.25) is 5.15 Å². The molecule has 25 nitrogen and oxygen atoms in total. The minimum atomic E-state index is -0.648. The lowest BCUT2D eigenvalue weighted by Crippen LogP contribution is -2.58. The number of pyridine rings is 4. The summed E-state index contributed by atoms with van der Waals surface area (Å²) in [4.78, 5) is 129. The third kappa shape index (κ3) is 17.5. The number of nitrogens with zero attached hydrogens (tertiary/aromatic N) is 11. The second-order valence-electron chi connectivity index (χ2n) is 43.1. The van der Waals surface area contributed by atoms with Crippen molar-refractivity contribution in [2.45, 2.75) is 258 Å². The molecule has 17 atom stereocenters. The maximum atomic E-state index is 14.9. The number of Topliss-reactive ketones (excluding diaryl/α,β-unsaturated/α-hetero) is 3. The van der Waals surface area contributed by atoms with E-state index < -0.39 is 40.0 Å². The first-order valence-corrected chi connectivity index (χ1v) is 51.1. The Hall–Kier alpha value is -10.8. The first-order chi connectivity index (χ1) is 67.5. The number of ether oxygens (including phenoxy) is 7. The number of benzene rings is 2. The van der Waals surface area contributed by atoms with Gasteiger partial charge in [0, 0.05) is 186 Å². The normalized spacial score (nSPS) is 30.2. The molecule has 0 radical (unpaired) electrons. The number of carbonyl (C=O) groups is 5. The molecule has 2 aromatic carbocycles. The van der Waals surface area contributed by atoms with Crippen molar-refractivity contribution in [3.05, 3.63) is 217 Å². The van der Waals surface area contributed by atoms with Crippen molar-refractivity contribution in [1.29, 1.82) is 0 Å². The summed E-state index contributed by atoms with van der Waals surface area (Å²) in [5, 5.41) is 0.593. The van der Waals surface area contributed by atoms with Gasteiger partial charge in [0.1, 0.15) is 46.4 Å². The number of rotatable bonds is 8. The molecule has 11 heterocycles. The Morgan fingerprint density at radius 2 is 0.816 bits per heavy atom. The van der Waals surface area contributed by atoms with Crippen LogP contribution in [0.25, 0.3) is 68.1 Å². The number of esters is 1. The molecule has 141 heavy (non-hydrogen) atoms. The SMILES string of the molecule is COC(=O)C1CC[C@@H]2[C@@H](C)C3(CC[C@@]2(C)C1=O)OCCO3.Cc1cc(-c2nc(-c3ccccc3F)c3c(n2)[C@]2(C)CC(C=O)C(=O)[C@H](C)[C@H]2CC3)ccn1.Cc1cc(-c2nc(-c3ccccc3F)c3c(n2)[C@]2(C)CCC(=O)[C@H](C)[C@H]2CC3)ccn1.Cc1cc(-c2nc(Cl)c3c(n2)[C@]2(C)CCC4(OCCO4)[C@H](C)[C@H]2CC3)ccn1.Cc1cc(-c2nc3c(c(=O)[nH]2)CC[C@@H]2[C@@H](C)C4(CC[C@@]32C)OCCO4)ccn1. The van der Waals surface area contributed by atoms with Crippen LogP contribution in [0.5, 0.6) is 0 Å². The number of methoxy groups -OCH3 is 1. The number of aromatic nitrogens is 12. The van der Waals surface area contributed by atoms with E-state index in [0.717, 1.165) is 186 Å². The molecule has 3 saturated heterocycles. The van der Waals surface area contributed by atoms with Crippen molar-refractivity contribution >= 4 is 41.2 Å². The quantitative estimate of drug-likeness (QED) is 0.0639. The fourth-order valence-electron chi connectivity index (χ4n) is 27.7. The Bertz CT molecular complexity index is 6600. The summed E-state index contributed by atoms with van der Waals surface area (Å²) in [7, 11) is 1.35. The number of hydrogen-bond donors (Lipinski definition) is 1. The number of halogens is 3. The van der Waals surface area contributed by atoms with Gasteiger partial charge in [0.25, 0.3) is 5.56 Å². The first-order valence-electron chi connectivity index (χ1n) is 50.7.